The van der Waals surface area contributed by atoms with E-state index >= 15 is 0 Å². The van der Waals surface area contributed by atoms with Crippen molar-refractivity contribution >= 4 is 17.9 Å². The predicted molar refractivity (Wildman–Crippen MR) is 113 cm³/mol. The smallest absolute Gasteiger partial charge is 0.407 e. The Hall–Kier alpha value is -3.67. The highest BCUT2D eigenvalue weighted by molar-refractivity contribution is 5.79. The van der Waals surface area contributed by atoms with Crippen LogP contribution in [0.1, 0.15) is 22.6 Å². The topological polar surface area (TPSA) is 64.3 Å². The van der Waals surface area contributed by atoms with E-state index in [4.69, 9.17) is 10.5 Å². The highest BCUT2D eigenvalue weighted by Gasteiger charge is 2.28. The van der Waals surface area contributed by atoms with Crippen LogP contribution < -0.4 is 11.1 Å². The average molecular weight is 406 g/mol. The quantitative estimate of drug-likeness (QED) is 0.580. The summed E-state index contributed by atoms with van der Waals surface area (Å²) in [5.74, 6) is -2.03. The number of anilines is 1. The third-order valence-electron chi connectivity index (χ3n) is 5.16. The monoisotopic (exact) mass is 406 g/mol. The van der Waals surface area contributed by atoms with E-state index in [1.807, 2.05) is 36.4 Å². The number of benzene rings is 3. The maximum absolute atomic E-state index is 13.8. The first-order valence-corrected chi connectivity index (χ1v) is 9.55. The molecular weight excluding hydrogens is 386 g/mol. The molecule has 3 aromatic rings. The van der Waals surface area contributed by atoms with Crippen LogP contribution in [0.5, 0.6) is 0 Å². The lowest BCUT2D eigenvalue weighted by atomic mass is 9.98. The number of hydrogen-bond donors (Lipinski definition) is 2. The highest BCUT2D eigenvalue weighted by atomic mass is 19.2. The Morgan fingerprint density at radius 2 is 1.63 bits per heavy atom. The summed E-state index contributed by atoms with van der Waals surface area (Å²) in [4.78, 5) is 12.1. The van der Waals surface area contributed by atoms with Crippen molar-refractivity contribution in [3.05, 3.63) is 95.1 Å². The normalized spacial score (nSPS) is 12.6. The minimum absolute atomic E-state index is 0.0279. The van der Waals surface area contributed by atoms with E-state index in [2.05, 4.69) is 17.4 Å². The van der Waals surface area contributed by atoms with Gasteiger partial charge >= 0.3 is 6.09 Å². The van der Waals surface area contributed by atoms with Gasteiger partial charge in [0.1, 0.15) is 6.61 Å². The summed E-state index contributed by atoms with van der Waals surface area (Å²) >= 11 is 0. The fourth-order valence-electron chi connectivity index (χ4n) is 3.72. The summed E-state index contributed by atoms with van der Waals surface area (Å²) in [5.41, 5.74) is 10.3. The lowest BCUT2D eigenvalue weighted by molar-refractivity contribution is 0.144. The molecule has 0 saturated carbocycles. The van der Waals surface area contributed by atoms with Gasteiger partial charge in [0.05, 0.1) is 0 Å². The van der Waals surface area contributed by atoms with Gasteiger partial charge in [0.2, 0.25) is 0 Å². The summed E-state index contributed by atoms with van der Waals surface area (Å²) in [6, 6.07) is 18.4. The zero-order chi connectivity index (χ0) is 21.1. The van der Waals surface area contributed by atoms with Crippen LogP contribution in [0, 0.1) is 11.6 Å². The van der Waals surface area contributed by atoms with Crippen molar-refractivity contribution in [3.8, 4) is 11.1 Å². The van der Waals surface area contributed by atoms with Crippen LogP contribution in [-0.2, 0) is 4.74 Å². The van der Waals surface area contributed by atoms with Gasteiger partial charge in [-0.15, -0.1) is 0 Å². The molecule has 4 nitrogen and oxygen atoms in total. The van der Waals surface area contributed by atoms with Gasteiger partial charge in [-0.05, 0) is 34.4 Å². The van der Waals surface area contributed by atoms with Crippen molar-refractivity contribution in [1.29, 1.82) is 0 Å². The molecule has 0 heterocycles. The van der Waals surface area contributed by atoms with Crippen molar-refractivity contribution in [3.63, 3.8) is 0 Å². The van der Waals surface area contributed by atoms with E-state index in [0.29, 0.717) is 0 Å². The molecule has 0 aliphatic heterocycles. The zero-order valence-electron chi connectivity index (χ0n) is 16.1. The average Bonchev–Trinajstić information content (AvgIpc) is 3.08. The molecule has 0 spiro atoms. The second kappa shape index (κ2) is 8.37. The van der Waals surface area contributed by atoms with Crippen molar-refractivity contribution < 1.29 is 18.3 Å². The molecule has 6 heteroatoms. The Kier molecular flexibility index (Phi) is 5.48. The van der Waals surface area contributed by atoms with E-state index in [9.17, 15) is 13.6 Å². The number of halogens is 2. The van der Waals surface area contributed by atoms with E-state index in [1.54, 1.807) is 0 Å². The first kappa shape index (κ1) is 19.6. The highest BCUT2D eigenvalue weighted by Crippen LogP contribution is 2.44. The molecular formula is C24H20F2N2O2. The van der Waals surface area contributed by atoms with Crippen molar-refractivity contribution in [2.75, 3.05) is 18.9 Å². The van der Waals surface area contributed by atoms with Crippen molar-refractivity contribution in [1.82, 2.24) is 5.32 Å². The molecule has 1 aliphatic carbocycles. The summed E-state index contributed by atoms with van der Waals surface area (Å²) in [5, 5.41) is 2.57. The van der Waals surface area contributed by atoms with Crippen LogP contribution in [0.4, 0.5) is 19.3 Å². The van der Waals surface area contributed by atoms with Crippen LogP contribution in [-0.4, -0.2) is 19.2 Å². The molecule has 0 bridgehead atoms. The summed E-state index contributed by atoms with van der Waals surface area (Å²) in [6.07, 6.45) is 2.22. The molecule has 1 amide bonds. The second-order valence-electron chi connectivity index (χ2n) is 6.97. The van der Waals surface area contributed by atoms with Crippen LogP contribution in [0.25, 0.3) is 17.2 Å². The molecule has 3 N–H and O–H groups in total. The zero-order valence-corrected chi connectivity index (χ0v) is 16.1. The third kappa shape index (κ3) is 3.76. The van der Waals surface area contributed by atoms with E-state index in [0.717, 1.165) is 28.3 Å². The Morgan fingerprint density at radius 3 is 2.30 bits per heavy atom. The van der Waals surface area contributed by atoms with Crippen LogP contribution in [0.2, 0.25) is 0 Å². The fraction of sp³-hybridized carbons (Fsp3) is 0.125. The molecule has 3 aromatic carbocycles. The summed E-state index contributed by atoms with van der Waals surface area (Å²) in [7, 11) is 0. The first-order chi connectivity index (χ1) is 14.6. The lowest BCUT2D eigenvalue weighted by Crippen LogP contribution is -2.26. The molecule has 0 aromatic heterocycles. The Bertz CT molecular complexity index is 1080. The number of rotatable bonds is 5. The third-order valence-corrected chi connectivity index (χ3v) is 5.16. The number of nitrogens with two attached hydrogens (primary N) is 1. The Morgan fingerprint density at radius 1 is 1.00 bits per heavy atom. The SMILES string of the molecule is Nc1ccc(F)c(F)c1C=CCNC(=O)OCC1c2ccccc2-c2ccccc21. The summed E-state index contributed by atoms with van der Waals surface area (Å²) < 4.78 is 32.5. The van der Waals surface area contributed by atoms with E-state index < -0.39 is 17.7 Å². The van der Waals surface area contributed by atoms with E-state index in [-0.39, 0.29) is 30.3 Å². The molecule has 0 unspecified atom stereocenters. The number of fused-ring (bicyclic) bond motifs is 3. The predicted octanol–water partition coefficient (Wildman–Crippen LogP) is 5.10. The largest absolute Gasteiger partial charge is 0.449 e. The van der Waals surface area contributed by atoms with Crippen molar-refractivity contribution in [2.24, 2.45) is 0 Å². The number of carbonyl (C=O) groups is 1. The fourth-order valence-corrected chi connectivity index (χ4v) is 3.72. The van der Waals surface area contributed by atoms with Crippen molar-refractivity contribution in [2.45, 2.75) is 5.92 Å². The molecule has 0 radical (unpaired) electrons. The maximum atomic E-state index is 13.8. The molecule has 30 heavy (non-hydrogen) atoms. The number of alkyl carbamates (subject to hydrolysis) is 1. The number of nitrogen functional groups attached to an aromatic ring is 1. The molecule has 0 atom stereocenters. The molecule has 4 rings (SSSR count). The van der Waals surface area contributed by atoms with Gasteiger partial charge < -0.3 is 15.8 Å². The minimum atomic E-state index is -1.02. The number of hydrogen-bond acceptors (Lipinski definition) is 3. The van der Waals surface area contributed by atoms with Gasteiger partial charge in [0.15, 0.2) is 11.6 Å². The number of nitrogens with one attached hydrogen (secondary N) is 1. The number of ether oxygens (including phenoxy) is 1. The van der Waals surface area contributed by atoms with Crippen LogP contribution in [0.15, 0.2) is 66.7 Å². The van der Waals surface area contributed by atoms with Gasteiger partial charge in [-0.3, -0.25) is 0 Å². The number of amides is 1. The minimum Gasteiger partial charge on any atom is -0.449 e. The standard InChI is InChI=1S/C24H20F2N2O2/c25-21-11-12-22(27)19(23(21)26)10-5-13-28-24(29)30-14-20-17-8-3-1-6-15(17)16-7-2-4-9-18(16)20/h1-12,20H,13-14,27H2,(H,28,29). The van der Waals surface area contributed by atoms with Gasteiger partial charge in [0.25, 0.3) is 0 Å². The molecule has 0 fully saturated rings. The molecule has 0 saturated heterocycles. The van der Waals surface area contributed by atoms with E-state index in [1.165, 1.54) is 18.2 Å². The first-order valence-electron chi connectivity index (χ1n) is 9.55. The van der Waals surface area contributed by atoms with Crippen LogP contribution in [0.3, 0.4) is 0 Å². The van der Waals surface area contributed by atoms with Gasteiger partial charge in [-0.25, -0.2) is 13.6 Å². The molecule has 1 aliphatic rings. The number of carbonyl (C=O) groups excluding carboxylic acids is 1. The second-order valence-corrected chi connectivity index (χ2v) is 6.97. The summed E-state index contributed by atoms with van der Waals surface area (Å²) in [6.45, 7) is 0.293. The lowest BCUT2D eigenvalue weighted by Gasteiger charge is -2.14. The van der Waals surface area contributed by atoms with Crippen LogP contribution >= 0.6 is 0 Å². The van der Waals surface area contributed by atoms with Gasteiger partial charge in [0, 0.05) is 23.7 Å². The Balaban J connectivity index is 1.36. The molecule has 152 valence electrons. The van der Waals surface area contributed by atoms with Gasteiger partial charge in [-0.1, -0.05) is 60.7 Å². The maximum Gasteiger partial charge on any atom is 0.407 e. The Labute approximate surface area is 173 Å². The van der Waals surface area contributed by atoms with Gasteiger partial charge in [-0.2, -0.15) is 0 Å².